The number of carbonyl (C=O) groups excluding carboxylic acids is 1. The van der Waals surface area contributed by atoms with E-state index in [-0.39, 0.29) is 19.1 Å². The van der Waals surface area contributed by atoms with Gasteiger partial charge in [0.15, 0.2) is 5.69 Å². The fourth-order valence-corrected chi connectivity index (χ4v) is 5.01. The Bertz CT molecular complexity index is 1330. The first-order valence-corrected chi connectivity index (χ1v) is 11.7. The summed E-state index contributed by atoms with van der Waals surface area (Å²) >= 11 is 1.55. The van der Waals surface area contributed by atoms with Crippen LogP contribution in [-0.4, -0.2) is 53.9 Å². The number of fused-ring (bicyclic) bond motifs is 3. The molecule has 2 aromatic heterocycles. The SMILES string of the molecule is [2H]C([2H])([2H])OC1CCN(C(=O)c2nn(-c3ccsc3)c3c2COc2cc(OC)c(C=C(C)C)cc2-3)C1. The Morgan fingerprint density at radius 3 is 3.00 bits per heavy atom. The van der Waals surface area contributed by atoms with Crippen LogP contribution in [0.3, 0.4) is 0 Å². The number of aromatic nitrogens is 2. The molecule has 1 aromatic carbocycles. The maximum absolute atomic E-state index is 13.6. The number of thiophene rings is 1. The molecule has 0 radical (unpaired) electrons. The number of carbonyl (C=O) groups is 1. The number of ether oxygens (including phenoxy) is 3. The summed E-state index contributed by atoms with van der Waals surface area (Å²) in [7, 11) is -0.866. The Kier molecular flexibility index (Phi) is 4.83. The molecule has 0 bridgehead atoms. The normalized spacial score (nSPS) is 18.5. The quantitative estimate of drug-likeness (QED) is 0.539. The highest BCUT2D eigenvalue weighted by molar-refractivity contribution is 7.08. The molecule has 7 nitrogen and oxygen atoms in total. The third kappa shape index (κ3) is 3.83. The zero-order chi connectivity index (χ0) is 25.6. The Hall–Kier alpha value is -3.10. The Morgan fingerprint density at radius 2 is 2.27 bits per heavy atom. The van der Waals surface area contributed by atoms with Gasteiger partial charge in [-0.3, -0.25) is 4.79 Å². The Labute approximate surface area is 201 Å². The van der Waals surface area contributed by atoms with Gasteiger partial charge in [-0.15, -0.1) is 0 Å². The monoisotopic (exact) mass is 468 g/mol. The topological polar surface area (TPSA) is 65.8 Å². The largest absolute Gasteiger partial charge is 0.496 e. The molecule has 0 aliphatic carbocycles. The highest BCUT2D eigenvalue weighted by atomic mass is 32.1. The van der Waals surface area contributed by atoms with Crippen molar-refractivity contribution in [3.8, 4) is 28.4 Å². The van der Waals surface area contributed by atoms with E-state index in [9.17, 15) is 4.79 Å². The summed E-state index contributed by atoms with van der Waals surface area (Å²) in [6, 6.07) is 5.84. The van der Waals surface area contributed by atoms with Gasteiger partial charge in [-0.25, -0.2) is 4.68 Å². The average molecular weight is 469 g/mol. The van der Waals surface area contributed by atoms with Gasteiger partial charge < -0.3 is 19.1 Å². The fourth-order valence-electron chi connectivity index (χ4n) is 4.39. The van der Waals surface area contributed by atoms with Crippen molar-refractivity contribution in [1.82, 2.24) is 14.7 Å². The van der Waals surface area contributed by atoms with Crippen LogP contribution in [0.5, 0.6) is 11.5 Å². The number of hydrogen-bond acceptors (Lipinski definition) is 6. The molecule has 2 aliphatic rings. The molecule has 0 spiro atoms. The molecule has 172 valence electrons. The Balaban J connectivity index is 1.59. The molecule has 4 heterocycles. The lowest BCUT2D eigenvalue weighted by atomic mass is 9.98. The van der Waals surface area contributed by atoms with Crippen molar-refractivity contribution < 1.29 is 23.1 Å². The second kappa shape index (κ2) is 8.68. The third-order valence-electron chi connectivity index (χ3n) is 5.94. The molecule has 3 aromatic rings. The zero-order valence-electron chi connectivity index (χ0n) is 21.8. The standard InChI is InChI=1S/C25H27N3O4S/c1-15(2)9-16-10-19-22(11-21(16)31-4)32-13-20-23(25(29)27-7-5-18(12-27)30-3)26-28(24(19)20)17-6-8-33-14-17/h6,8-11,14,18H,5,7,12-13H2,1-4H3/i3D3. The van der Waals surface area contributed by atoms with Gasteiger partial charge in [0.05, 0.1) is 28.7 Å². The summed E-state index contributed by atoms with van der Waals surface area (Å²) in [6.07, 6.45) is 1.97. The summed E-state index contributed by atoms with van der Waals surface area (Å²) in [4.78, 5) is 15.2. The van der Waals surface area contributed by atoms with Crippen LogP contribution in [0.25, 0.3) is 23.0 Å². The Morgan fingerprint density at radius 1 is 1.39 bits per heavy atom. The van der Waals surface area contributed by atoms with E-state index in [0.717, 1.165) is 28.1 Å². The first-order valence-electron chi connectivity index (χ1n) is 12.3. The second-order valence-corrected chi connectivity index (χ2v) is 9.23. The van der Waals surface area contributed by atoms with Crippen LogP contribution >= 0.6 is 11.3 Å². The fraction of sp³-hybridized carbons (Fsp3) is 0.360. The zero-order valence-corrected chi connectivity index (χ0v) is 19.6. The molecule has 1 unspecified atom stereocenters. The minimum Gasteiger partial charge on any atom is -0.496 e. The van der Waals surface area contributed by atoms with Gasteiger partial charge in [0.2, 0.25) is 0 Å². The van der Waals surface area contributed by atoms with Crippen molar-refractivity contribution in [1.29, 1.82) is 0 Å². The van der Waals surface area contributed by atoms with Crippen LogP contribution in [0, 0.1) is 0 Å². The van der Waals surface area contributed by atoms with Crippen molar-refractivity contribution in [3.05, 3.63) is 51.4 Å². The molecule has 1 atom stereocenters. The predicted molar refractivity (Wildman–Crippen MR) is 128 cm³/mol. The van der Waals surface area contributed by atoms with Crippen LogP contribution < -0.4 is 9.47 Å². The van der Waals surface area contributed by atoms with Crippen molar-refractivity contribution in [3.63, 3.8) is 0 Å². The molecule has 1 saturated heterocycles. The van der Waals surface area contributed by atoms with Crippen LogP contribution in [-0.2, 0) is 11.3 Å². The molecule has 0 saturated carbocycles. The van der Waals surface area contributed by atoms with E-state index in [4.69, 9.17) is 23.4 Å². The molecular weight excluding hydrogens is 438 g/mol. The van der Waals surface area contributed by atoms with Crippen LogP contribution in [0.1, 0.15) is 46.0 Å². The molecule has 1 amide bonds. The average Bonchev–Trinajstić information content (AvgIpc) is 3.56. The number of allylic oxidation sites excluding steroid dienone is 1. The van der Waals surface area contributed by atoms with Crippen LogP contribution in [0.4, 0.5) is 0 Å². The summed E-state index contributed by atoms with van der Waals surface area (Å²) in [6.45, 7) is 4.83. The molecule has 5 rings (SSSR count). The van der Waals surface area contributed by atoms with Gasteiger partial charge in [-0.1, -0.05) is 11.6 Å². The van der Waals surface area contributed by atoms with E-state index in [0.29, 0.717) is 35.7 Å². The predicted octanol–water partition coefficient (Wildman–Crippen LogP) is 4.79. The molecular formula is C25H27N3O4S. The second-order valence-electron chi connectivity index (χ2n) is 8.45. The number of methoxy groups -OCH3 is 2. The highest BCUT2D eigenvalue weighted by Crippen LogP contribution is 2.44. The van der Waals surface area contributed by atoms with E-state index in [1.807, 2.05) is 48.9 Å². The lowest BCUT2D eigenvalue weighted by Gasteiger charge is -2.22. The molecule has 2 aliphatic heterocycles. The number of rotatable bonds is 5. The lowest BCUT2D eigenvalue weighted by molar-refractivity contribution is 0.0716. The van der Waals surface area contributed by atoms with E-state index < -0.39 is 13.1 Å². The van der Waals surface area contributed by atoms with Crippen LogP contribution in [0.2, 0.25) is 0 Å². The lowest BCUT2D eigenvalue weighted by Crippen LogP contribution is -2.31. The van der Waals surface area contributed by atoms with Gasteiger partial charge in [0.25, 0.3) is 5.91 Å². The van der Waals surface area contributed by atoms with Crippen molar-refractivity contribution >= 4 is 23.3 Å². The number of benzene rings is 1. The molecule has 33 heavy (non-hydrogen) atoms. The molecule has 8 heteroatoms. The molecule has 1 fully saturated rings. The minimum atomic E-state index is -2.50. The van der Waals surface area contributed by atoms with E-state index in [1.54, 1.807) is 28.0 Å². The summed E-state index contributed by atoms with van der Waals surface area (Å²) in [5, 5.41) is 8.71. The summed E-state index contributed by atoms with van der Waals surface area (Å²) in [5.41, 5.74) is 5.51. The first-order chi connectivity index (χ1) is 17.1. The number of nitrogens with zero attached hydrogens (tertiary/aromatic N) is 3. The van der Waals surface area contributed by atoms with Crippen molar-refractivity contribution in [2.24, 2.45) is 0 Å². The van der Waals surface area contributed by atoms with Gasteiger partial charge in [-0.2, -0.15) is 16.4 Å². The van der Waals surface area contributed by atoms with Crippen molar-refractivity contribution in [2.45, 2.75) is 33.0 Å². The number of amides is 1. The number of hydrogen-bond donors (Lipinski definition) is 0. The first kappa shape index (κ1) is 18.3. The summed E-state index contributed by atoms with van der Waals surface area (Å²) < 4.78 is 40.7. The summed E-state index contributed by atoms with van der Waals surface area (Å²) in [5.74, 6) is 1.10. The van der Waals surface area contributed by atoms with Gasteiger partial charge in [-0.05, 0) is 37.8 Å². The highest BCUT2D eigenvalue weighted by Gasteiger charge is 2.35. The smallest absolute Gasteiger partial charge is 0.274 e. The van der Waals surface area contributed by atoms with E-state index in [2.05, 4.69) is 0 Å². The van der Waals surface area contributed by atoms with Crippen molar-refractivity contribution in [2.75, 3.05) is 27.2 Å². The minimum absolute atomic E-state index is 0.182. The van der Waals surface area contributed by atoms with Gasteiger partial charge >= 0.3 is 0 Å². The van der Waals surface area contributed by atoms with E-state index >= 15 is 0 Å². The van der Waals surface area contributed by atoms with Gasteiger partial charge in [0.1, 0.15) is 18.1 Å². The maximum atomic E-state index is 13.6. The van der Waals surface area contributed by atoms with Crippen LogP contribution in [0.15, 0.2) is 34.5 Å². The number of likely N-dealkylation sites (tertiary alicyclic amines) is 1. The van der Waals surface area contributed by atoms with Gasteiger partial charge in [0, 0.05) is 48.3 Å². The molecule has 0 N–H and O–H groups in total. The maximum Gasteiger partial charge on any atom is 0.274 e. The van der Waals surface area contributed by atoms with E-state index in [1.165, 1.54) is 0 Å². The third-order valence-corrected chi connectivity index (χ3v) is 6.61.